The van der Waals surface area contributed by atoms with Crippen molar-refractivity contribution in [3.63, 3.8) is 0 Å². The van der Waals surface area contributed by atoms with Gasteiger partial charge in [0.1, 0.15) is 12.2 Å². The largest absolute Gasteiger partial charge is 0.497 e. The van der Waals surface area contributed by atoms with Crippen molar-refractivity contribution in [3.8, 4) is 17.2 Å². The van der Waals surface area contributed by atoms with Gasteiger partial charge in [0.2, 0.25) is 5.91 Å². The van der Waals surface area contributed by atoms with E-state index in [1.165, 1.54) is 7.11 Å². The highest BCUT2D eigenvalue weighted by molar-refractivity contribution is 5.78. The molecular weight excluding hydrogens is 362 g/mol. The standard InChI is InChI=1S/C21H23NO6/c1-25-16-5-3-4-14(10-16)8-9-22-19(23)12-15-6-7-17-18(11-15)28-21(27-17)13-20(24)26-2/h3-7,10-11,21H,8-9,12-13H2,1-2H3,(H,22,23). The van der Waals surface area contributed by atoms with Gasteiger partial charge < -0.3 is 24.3 Å². The second kappa shape index (κ2) is 9.12. The molecule has 0 saturated carbocycles. The Morgan fingerprint density at radius 3 is 2.64 bits per heavy atom. The second-order valence-electron chi connectivity index (χ2n) is 6.35. The number of carbonyl (C=O) groups excluding carboxylic acids is 2. The summed E-state index contributed by atoms with van der Waals surface area (Å²) in [5.41, 5.74) is 1.90. The maximum atomic E-state index is 12.2. The molecule has 1 N–H and O–H groups in total. The summed E-state index contributed by atoms with van der Waals surface area (Å²) in [6.45, 7) is 0.539. The molecule has 148 valence electrons. The van der Waals surface area contributed by atoms with Crippen LogP contribution in [0.3, 0.4) is 0 Å². The number of fused-ring (bicyclic) bond motifs is 1. The lowest BCUT2D eigenvalue weighted by Crippen LogP contribution is -2.27. The Balaban J connectivity index is 1.47. The van der Waals surface area contributed by atoms with E-state index in [2.05, 4.69) is 10.1 Å². The van der Waals surface area contributed by atoms with Crippen molar-refractivity contribution in [2.45, 2.75) is 25.6 Å². The quantitative estimate of drug-likeness (QED) is 0.702. The molecule has 0 spiro atoms. The molecule has 7 nitrogen and oxygen atoms in total. The Morgan fingerprint density at radius 2 is 1.86 bits per heavy atom. The van der Waals surface area contributed by atoms with E-state index in [4.69, 9.17) is 14.2 Å². The number of amides is 1. The minimum Gasteiger partial charge on any atom is -0.497 e. The summed E-state index contributed by atoms with van der Waals surface area (Å²) in [5.74, 6) is 1.39. The molecule has 0 bridgehead atoms. The van der Waals surface area contributed by atoms with Crippen molar-refractivity contribution in [1.82, 2.24) is 5.32 Å². The third kappa shape index (κ3) is 5.16. The van der Waals surface area contributed by atoms with Gasteiger partial charge >= 0.3 is 5.97 Å². The van der Waals surface area contributed by atoms with E-state index < -0.39 is 12.3 Å². The molecule has 0 radical (unpaired) electrons. The third-order valence-electron chi connectivity index (χ3n) is 4.32. The average molecular weight is 385 g/mol. The fourth-order valence-corrected chi connectivity index (χ4v) is 2.88. The first kappa shape index (κ1) is 19.5. The molecule has 0 fully saturated rings. The molecule has 1 aliphatic rings. The van der Waals surface area contributed by atoms with Gasteiger partial charge in [0, 0.05) is 6.54 Å². The molecule has 0 aromatic heterocycles. The highest BCUT2D eigenvalue weighted by atomic mass is 16.7. The van der Waals surface area contributed by atoms with Crippen LogP contribution < -0.4 is 19.5 Å². The van der Waals surface area contributed by atoms with Crippen LogP contribution in [0.1, 0.15) is 17.5 Å². The normalized spacial score (nSPS) is 14.4. The van der Waals surface area contributed by atoms with Gasteiger partial charge in [-0.05, 0) is 41.8 Å². The molecule has 3 rings (SSSR count). The lowest BCUT2D eigenvalue weighted by Gasteiger charge is -2.08. The summed E-state index contributed by atoms with van der Waals surface area (Å²) in [7, 11) is 2.94. The number of nitrogens with one attached hydrogen (secondary N) is 1. The number of benzene rings is 2. The van der Waals surface area contributed by atoms with Gasteiger partial charge in [-0.25, -0.2) is 0 Å². The van der Waals surface area contributed by atoms with Gasteiger partial charge in [-0.1, -0.05) is 18.2 Å². The Morgan fingerprint density at radius 1 is 1.04 bits per heavy atom. The van der Waals surface area contributed by atoms with E-state index in [9.17, 15) is 9.59 Å². The lowest BCUT2D eigenvalue weighted by atomic mass is 10.1. The minimum atomic E-state index is -0.700. The molecule has 2 aromatic rings. The van der Waals surface area contributed by atoms with E-state index in [0.29, 0.717) is 18.0 Å². The minimum absolute atomic E-state index is 0.00523. The second-order valence-corrected chi connectivity index (χ2v) is 6.35. The van der Waals surface area contributed by atoms with Crippen LogP contribution in [0.5, 0.6) is 17.2 Å². The molecule has 0 saturated heterocycles. The van der Waals surface area contributed by atoms with Crippen molar-refractivity contribution in [2.75, 3.05) is 20.8 Å². The predicted molar refractivity (Wildman–Crippen MR) is 102 cm³/mol. The molecule has 0 aliphatic carbocycles. The first-order valence-electron chi connectivity index (χ1n) is 9.00. The van der Waals surface area contributed by atoms with Crippen LogP contribution in [0, 0.1) is 0 Å². The lowest BCUT2D eigenvalue weighted by molar-refractivity contribution is -0.145. The summed E-state index contributed by atoms with van der Waals surface area (Å²) < 4.78 is 20.9. The highest BCUT2D eigenvalue weighted by Crippen LogP contribution is 2.36. The Labute approximate surface area is 163 Å². The third-order valence-corrected chi connectivity index (χ3v) is 4.32. The van der Waals surface area contributed by atoms with Crippen LogP contribution in [0.4, 0.5) is 0 Å². The van der Waals surface area contributed by atoms with Gasteiger partial charge in [0.05, 0.1) is 20.6 Å². The Kier molecular flexibility index (Phi) is 6.37. The van der Waals surface area contributed by atoms with Crippen molar-refractivity contribution < 1.29 is 28.5 Å². The van der Waals surface area contributed by atoms with E-state index in [-0.39, 0.29) is 18.7 Å². The Bertz CT molecular complexity index is 851. The van der Waals surface area contributed by atoms with Gasteiger partial charge in [-0.15, -0.1) is 0 Å². The average Bonchev–Trinajstić information content (AvgIpc) is 3.09. The van der Waals surface area contributed by atoms with Gasteiger partial charge in [-0.2, -0.15) is 0 Å². The van der Waals surface area contributed by atoms with Gasteiger partial charge in [-0.3, -0.25) is 9.59 Å². The summed E-state index contributed by atoms with van der Waals surface area (Å²) in [6, 6.07) is 13.1. The SMILES string of the molecule is COC(=O)CC1Oc2ccc(CC(=O)NCCc3cccc(OC)c3)cc2O1. The zero-order chi connectivity index (χ0) is 19.9. The molecule has 1 atom stereocenters. The van der Waals surface area contributed by atoms with Gasteiger partial charge in [0.15, 0.2) is 11.5 Å². The van der Waals surface area contributed by atoms with Crippen molar-refractivity contribution in [1.29, 1.82) is 0 Å². The molecule has 28 heavy (non-hydrogen) atoms. The van der Waals surface area contributed by atoms with Crippen molar-refractivity contribution in [2.24, 2.45) is 0 Å². The summed E-state index contributed by atoms with van der Waals surface area (Å²) >= 11 is 0. The highest BCUT2D eigenvalue weighted by Gasteiger charge is 2.27. The first-order chi connectivity index (χ1) is 13.6. The smallest absolute Gasteiger partial charge is 0.313 e. The maximum absolute atomic E-state index is 12.2. The molecular formula is C21H23NO6. The molecule has 7 heteroatoms. The number of rotatable bonds is 8. The number of methoxy groups -OCH3 is 2. The first-order valence-corrected chi connectivity index (χ1v) is 9.00. The van der Waals surface area contributed by atoms with E-state index in [1.54, 1.807) is 19.2 Å². The summed E-state index contributed by atoms with van der Waals surface area (Å²) in [6.07, 6.45) is 0.260. The molecule has 1 unspecified atom stereocenters. The Hall–Kier alpha value is -3.22. The van der Waals surface area contributed by atoms with Crippen LogP contribution in [0.25, 0.3) is 0 Å². The number of ether oxygens (including phenoxy) is 4. The molecule has 2 aromatic carbocycles. The summed E-state index contributed by atoms with van der Waals surface area (Å²) in [4.78, 5) is 23.5. The zero-order valence-electron chi connectivity index (χ0n) is 15.9. The summed E-state index contributed by atoms with van der Waals surface area (Å²) in [5, 5.41) is 2.91. The van der Waals surface area contributed by atoms with Crippen LogP contribution >= 0.6 is 0 Å². The van der Waals surface area contributed by atoms with Crippen molar-refractivity contribution in [3.05, 3.63) is 53.6 Å². The monoisotopic (exact) mass is 385 g/mol. The van der Waals surface area contributed by atoms with Crippen molar-refractivity contribution >= 4 is 11.9 Å². The van der Waals surface area contributed by atoms with Crippen LogP contribution in [-0.2, 0) is 27.2 Å². The zero-order valence-corrected chi connectivity index (χ0v) is 15.9. The number of hydrogen-bond donors (Lipinski definition) is 1. The predicted octanol–water partition coefficient (Wildman–Crippen LogP) is 2.26. The maximum Gasteiger partial charge on any atom is 0.313 e. The van der Waals surface area contributed by atoms with Crippen LogP contribution in [0.2, 0.25) is 0 Å². The number of esters is 1. The van der Waals surface area contributed by atoms with Crippen LogP contribution in [-0.4, -0.2) is 38.9 Å². The molecule has 1 aliphatic heterocycles. The van der Waals surface area contributed by atoms with E-state index in [1.807, 2.05) is 30.3 Å². The van der Waals surface area contributed by atoms with E-state index in [0.717, 1.165) is 23.3 Å². The van der Waals surface area contributed by atoms with E-state index >= 15 is 0 Å². The van der Waals surface area contributed by atoms with Gasteiger partial charge in [0.25, 0.3) is 6.29 Å². The molecule has 1 amide bonds. The number of carbonyl (C=O) groups is 2. The topological polar surface area (TPSA) is 83.1 Å². The number of hydrogen-bond acceptors (Lipinski definition) is 6. The molecule has 1 heterocycles. The fraction of sp³-hybridized carbons (Fsp3) is 0.333. The van der Waals surface area contributed by atoms with Crippen LogP contribution in [0.15, 0.2) is 42.5 Å². The fourth-order valence-electron chi connectivity index (χ4n) is 2.88.